The first kappa shape index (κ1) is 16.5. The summed E-state index contributed by atoms with van der Waals surface area (Å²) in [5.41, 5.74) is 2.41. The van der Waals surface area contributed by atoms with Gasteiger partial charge in [-0.3, -0.25) is 9.48 Å². The van der Waals surface area contributed by atoms with E-state index in [0.29, 0.717) is 30.3 Å². The number of hydrogen-bond donors (Lipinski definition) is 1. The minimum atomic E-state index is -0.178. The van der Waals surface area contributed by atoms with Gasteiger partial charge in [0.2, 0.25) is 0 Å². The average Bonchev–Trinajstić information content (AvgIpc) is 3.16. The van der Waals surface area contributed by atoms with Crippen LogP contribution in [0.25, 0.3) is 0 Å². The number of methoxy groups -OCH3 is 1. The SMILES string of the molecule is CCn1nc2c(c1C(=O)NCc1cc(OC)no1)C[C@H](C)O[C@@H]2C. The second-order valence-electron chi connectivity index (χ2n) is 5.84. The second kappa shape index (κ2) is 6.64. The van der Waals surface area contributed by atoms with Crippen LogP contribution in [0.2, 0.25) is 0 Å². The maximum atomic E-state index is 12.7. The number of amides is 1. The van der Waals surface area contributed by atoms with Crippen LogP contribution in [0, 0.1) is 0 Å². The van der Waals surface area contributed by atoms with Gasteiger partial charge in [-0.05, 0) is 25.9 Å². The number of ether oxygens (including phenoxy) is 2. The van der Waals surface area contributed by atoms with Crippen molar-refractivity contribution in [1.29, 1.82) is 0 Å². The molecule has 0 unspecified atom stereocenters. The molecule has 8 nitrogen and oxygen atoms in total. The molecule has 3 heterocycles. The molecule has 0 saturated carbocycles. The Hall–Kier alpha value is -2.35. The molecule has 0 bridgehead atoms. The molecule has 0 aliphatic carbocycles. The van der Waals surface area contributed by atoms with Crippen LogP contribution in [-0.2, 0) is 24.2 Å². The molecule has 0 aromatic carbocycles. The number of nitrogens with one attached hydrogen (secondary N) is 1. The molecule has 0 radical (unpaired) electrons. The summed E-state index contributed by atoms with van der Waals surface area (Å²) in [7, 11) is 1.51. The van der Waals surface area contributed by atoms with Crippen LogP contribution in [0.1, 0.15) is 54.4 Å². The van der Waals surface area contributed by atoms with Crippen LogP contribution in [0.15, 0.2) is 10.6 Å². The van der Waals surface area contributed by atoms with Gasteiger partial charge in [-0.1, -0.05) is 0 Å². The highest BCUT2D eigenvalue weighted by molar-refractivity contribution is 5.94. The van der Waals surface area contributed by atoms with E-state index in [-0.39, 0.29) is 24.7 Å². The highest BCUT2D eigenvalue weighted by Crippen LogP contribution is 2.31. The van der Waals surface area contributed by atoms with E-state index < -0.39 is 0 Å². The van der Waals surface area contributed by atoms with Crippen molar-refractivity contribution in [3.05, 3.63) is 28.8 Å². The molecule has 2 aromatic heterocycles. The Morgan fingerprint density at radius 1 is 1.50 bits per heavy atom. The molecule has 130 valence electrons. The van der Waals surface area contributed by atoms with Crippen molar-refractivity contribution < 1.29 is 18.8 Å². The van der Waals surface area contributed by atoms with Gasteiger partial charge < -0.3 is 19.3 Å². The number of hydrogen-bond acceptors (Lipinski definition) is 6. The average molecular weight is 334 g/mol. The molecular formula is C16H22N4O4. The van der Waals surface area contributed by atoms with E-state index in [4.69, 9.17) is 14.0 Å². The predicted molar refractivity (Wildman–Crippen MR) is 84.8 cm³/mol. The normalized spacial score (nSPS) is 19.8. The van der Waals surface area contributed by atoms with E-state index in [2.05, 4.69) is 15.6 Å². The molecule has 24 heavy (non-hydrogen) atoms. The zero-order valence-corrected chi connectivity index (χ0v) is 14.3. The highest BCUT2D eigenvalue weighted by atomic mass is 16.5. The summed E-state index contributed by atoms with van der Waals surface area (Å²) in [6.45, 7) is 6.79. The summed E-state index contributed by atoms with van der Waals surface area (Å²) in [5.74, 6) is 0.735. The summed E-state index contributed by atoms with van der Waals surface area (Å²) in [5, 5.41) is 11.1. The molecule has 1 aliphatic heterocycles. The third-order valence-electron chi connectivity index (χ3n) is 4.08. The summed E-state index contributed by atoms with van der Waals surface area (Å²) in [6.07, 6.45) is 0.632. The van der Waals surface area contributed by atoms with Gasteiger partial charge in [0.1, 0.15) is 5.69 Å². The lowest BCUT2D eigenvalue weighted by atomic mass is 9.99. The second-order valence-corrected chi connectivity index (χ2v) is 5.84. The van der Waals surface area contributed by atoms with Gasteiger partial charge in [0.15, 0.2) is 5.76 Å². The Balaban J connectivity index is 1.81. The first-order chi connectivity index (χ1) is 11.5. The number of carbonyl (C=O) groups excluding carboxylic acids is 1. The Morgan fingerprint density at radius 2 is 2.29 bits per heavy atom. The van der Waals surface area contributed by atoms with Crippen molar-refractivity contribution in [3.63, 3.8) is 0 Å². The Bertz CT molecular complexity index is 737. The van der Waals surface area contributed by atoms with Gasteiger partial charge in [-0.25, -0.2) is 0 Å². The molecule has 1 N–H and O–H groups in total. The van der Waals surface area contributed by atoms with Crippen molar-refractivity contribution in [1.82, 2.24) is 20.3 Å². The fraction of sp³-hybridized carbons (Fsp3) is 0.562. The number of fused-ring (bicyclic) bond motifs is 1. The standard InChI is InChI=1S/C16H22N4O4/c1-5-20-15(12-6-9(2)23-10(3)14(12)18-20)16(21)17-8-11-7-13(22-4)19-24-11/h7,9-10H,5-6,8H2,1-4H3,(H,17,21)/t9-,10+/m0/s1. The van der Waals surface area contributed by atoms with Gasteiger partial charge in [0, 0.05) is 24.6 Å². The lowest BCUT2D eigenvalue weighted by Gasteiger charge is -2.24. The molecule has 0 saturated heterocycles. The van der Waals surface area contributed by atoms with Crippen LogP contribution >= 0.6 is 0 Å². The summed E-state index contributed by atoms with van der Waals surface area (Å²) < 4.78 is 17.6. The van der Waals surface area contributed by atoms with E-state index in [0.717, 1.165) is 11.3 Å². The minimum absolute atomic E-state index is 0.0621. The first-order valence-corrected chi connectivity index (χ1v) is 8.06. The summed E-state index contributed by atoms with van der Waals surface area (Å²) in [4.78, 5) is 12.7. The number of rotatable bonds is 5. The minimum Gasteiger partial charge on any atom is -0.479 e. The molecule has 3 rings (SSSR count). The number of carbonyl (C=O) groups is 1. The van der Waals surface area contributed by atoms with Gasteiger partial charge in [-0.15, -0.1) is 0 Å². The van der Waals surface area contributed by atoms with E-state index in [1.807, 2.05) is 20.8 Å². The number of aryl methyl sites for hydroxylation is 1. The molecular weight excluding hydrogens is 312 g/mol. The molecule has 0 fully saturated rings. The summed E-state index contributed by atoms with van der Waals surface area (Å²) in [6, 6.07) is 1.64. The van der Waals surface area contributed by atoms with E-state index in [1.165, 1.54) is 7.11 Å². The maximum Gasteiger partial charge on any atom is 0.270 e. The van der Waals surface area contributed by atoms with Gasteiger partial charge in [0.25, 0.3) is 11.8 Å². The molecule has 2 aromatic rings. The topological polar surface area (TPSA) is 91.4 Å². The van der Waals surface area contributed by atoms with E-state index in [1.54, 1.807) is 10.7 Å². The first-order valence-electron chi connectivity index (χ1n) is 8.06. The van der Waals surface area contributed by atoms with Crippen LogP contribution in [0.3, 0.4) is 0 Å². The fourth-order valence-corrected chi connectivity index (χ4v) is 3.00. The van der Waals surface area contributed by atoms with Crippen LogP contribution in [-0.4, -0.2) is 34.1 Å². The lowest BCUT2D eigenvalue weighted by molar-refractivity contribution is -0.00712. The fourth-order valence-electron chi connectivity index (χ4n) is 3.00. The zero-order chi connectivity index (χ0) is 17.3. The van der Waals surface area contributed by atoms with E-state index in [9.17, 15) is 4.79 Å². The van der Waals surface area contributed by atoms with Crippen molar-refractivity contribution in [2.75, 3.05) is 7.11 Å². The van der Waals surface area contributed by atoms with Crippen LogP contribution in [0.4, 0.5) is 0 Å². The third kappa shape index (κ3) is 3.01. The van der Waals surface area contributed by atoms with Gasteiger partial charge in [-0.2, -0.15) is 5.10 Å². The quantitative estimate of drug-likeness (QED) is 0.897. The smallest absolute Gasteiger partial charge is 0.270 e. The Labute approximate surface area is 140 Å². The van der Waals surface area contributed by atoms with Crippen molar-refractivity contribution >= 4 is 5.91 Å². The molecule has 1 amide bonds. The molecule has 2 atom stereocenters. The Kier molecular flexibility index (Phi) is 4.57. The third-order valence-corrected chi connectivity index (χ3v) is 4.08. The van der Waals surface area contributed by atoms with E-state index >= 15 is 0 Å². The largest absolute Gasteiger partial charge is 0.479 e. The van der Waals surface area contributed by atoms with Crippen molar-refractivity contribution in [2.45, 2.75) is 52.5 Å². The molecule has 0 spiro atoms. The monoisotopic (exact) mass is 334 g/mol. The maximum absolute atomic E-state index is 12.7. The lowest BCUT2D eigenvalue weighted by Crippen LogP contribution is -2.28. The van der Waals surface area contributed by atoms with Gasteiger partial charge >= 0.3 is 0 Å². The number of nitrogens with zero attached hydrogens (tertiary/aromatic N) is 3. The highest BCUT2D eigenvalue weighted by Gasteiger charge is 2.31. The Morgan fingerprint density at radius 3 is 2.96 bits per heavy atom. The molecule has 1 aliphatic rings. The zero-order valence-electron chi connectivity index (χ0n) is 14.3. The van der Waals surface area contributed by atoms with Gasteiger partial charge in [0.05, 0.1) is 31.6 Å². The van der Waals surface area contributed by atoms with Crippen LogP contribution < -0.4 is 10.1 Å². The summed E-state index contributed by atoms with van der Waals surface area (Å²) >= 11 is 0. The van der Waals surface area contributed by atoms with Crippen molar-refractivity contribution in [3.8, 4) is 5.88 Å². The number of aromatic nitrogens is 3. The van der Waals surface area contributed by atoms with Crippen LogP contribution in [0.5, 0.6) is 5.88 Å². The van der Waals surface area contributed by atoms with Crippen molar-refractivity contribution in [2.24, 2.45) is 0 Å². The molecule has 8 heteroatoms. The predicted octanol–water partition coefficient (Wildman–Crippen LogP) is 1.85.